The van der Waals surface area contributed by atoms with E-state index in [-0.39, 0.29) is 0 Å². The molecular weight excluding hydrogens is 269 g/mol. The van der Waals surface area contributed by atoms with Gasteiger partial charge < -0.3 is 0 Å². The summed E-state index contributed by atoms with van der Waals surface area (Å²) in [5.74, 6) is 0. The molecule has 0 bridgehead atoms. The zero-order chi connectivity index (χ0) is 13.0. The molecule has 5 heteroatoms. The minimum atomic E-state index is 0.380. The number of pyridine rings is 2. The first kappa shape index (κ1) is 12.6. The SMILES string of the molecule is N#C/C(=C\c1cccc(Cl)n1)c1ccc(Cl)cn1. The molecule has 0 fully saturated rings. The van der Waals surface area contributed by atoms with Crippen LogP contribution in [-0.2, 0) is 0 Å². The van der Waals surface area contributed by atoms with E-state index >= 15 is 0 Å². The van der Waals surface area contributed by atoms with Crippen molar-refractivity contribution in [2.24, 2.45) is 0 Å². The van der Waals surface area contributed by atoms with Crippen LogP contribution in [0.3, 0.4) is 0 Å². The van der Waals surface area contributed by atoms with Gasteiger partial charge in [-0.25, -0.2) is 4.98 Å². The van der Waals surface area contributed by atoms with Gasteiger partial charge in [0.2, 0.25) is 0 Å². The van der Waals surface area contributed by atoms with E-state index in [1.807, 2.05) is 0 Å². The molecule has 0 saturated carbocycles. The van der Waals surface area contributed by atoms with Crippen molar-refractivity contribution in [1.82, 2.24) is 9.97 Å². The van der Waals surface area contributed by atoms with Gasteiger partial charge in [0.1, 0.15) is 11.2 Å². The van der Waals surface area contributed by atoms with E-state index in [0.29, 0.717) is 27.1 Å². The molecule has 2 aromatic heterocycles. The van der Waals surface area contributed by atoms with Gasteiger partial charge in [-0.1, -0.05) is 29.3 Å². The highest BCUT2D eigenvalue weighted by atomic mass is 35.5. The van der Waals surface area contributed by atoms with E-state index in [1.165, 1.54) is 6.20 Å². The second-order valence-corrected chi connectivity index (χ2v) is 4.24. The highest BCUT2D eigenvalue weighted by Crippen LogP contribution is 2.17. The van der Waals surface area contributed by atoms with Crippen LogP contribution in [0.5, 0.6) is 0 Å². The number of rotatable bonds is 2. The smallest absolute Gasteiger partial charge is 0.129 e. The molecule has 0 aliphatic carbocycles. The van der Waals surface area contributed by atoms with Crippen molar-refractivity contribution < 1.29 is 0 Å². The molecule has 2 heterocycles. The van der Waals surface area contributed by atoms with Crippen molar-refractivity contribution in [3.05, 3.63) is 58.1 Å². The van der Waals surface area contributed by atoms with Gasteiger partial charge in [-0.2, -0.15) is 5.26 Å². The molecule has 0 radical (unpaired) electrons. The third-order valence-electron chi connectivity index (χ3n) is 2.15. The predicted octanol–water partition coefficient (Wildman–Crippen LogP) is 3.85. The largest absolute Gasteiger partial charge is 0.254 e. The molecule has 0 N–H and O–H groups in total. The maximum Gasteiger partial charge on any atom is 0.129 e. The van der Waals surface area contributed by atoms with Crippen molar-refractivity contribution in [1.29, 1.82) is 5.26 Å². The number of hydrogen-bond donors (Lipinski definition) is 0. The molecule has 0 aliphatic rings. The fourth-order valence-corrected chi connectivity index (χ4v) is 1.63. The Morgan fingerprint density at radius 2 is 2.06 bits per heavy atom. The first-order valence-electron chi connectivity index (χ1n) is 5.05. The number of aromatic nitrogens is 2. The molecule has 3 nitrogen and oxygen atoms in total. The van der Waals surface area contributed by atoms with E-state index < -0.39 is 0 Å². The van der Waals surface area contributed by atoms with Gasteiger partial charge in [-0.05, 0) is 30.3 Å². The minimum absolute atomic E-state index is 0.380. The highest BCUT2D eigenvalue weighted by Gasteiger charge is 2.03. The van der Waals surface area contributed by atoms with Crippen molar-refractivity contribution in [3.8, 4) is 6.07 Å². The predicted molar refractivity (Wildman–Crippen MR) is 72.0 cm³/mol. The van der Waals surface area contributed by atoms with Gasteiger partial charge in [0, 0.05) is 6.20 Å². The Labute approximate surface area is 114 Å². The van der Waals surface area contributed by atoms with Crippen molar-refractivity contribution in [2.45, 2.75) is 0 Å². The number of allylic oxidation sites excluding steroid dienone is 1. The fraction of sp³-hybridized carbons (Fsp3) is 0. The Morgan fingerprint density at radius 1 is 1.22 bits per heavy atom. The second kappa shape index (κ2) is 5.63. The molecule has 0 aromatic carbocycles. The molecule has 0 spiro atoms. The first-order chi connectivity index (χ1) is 8.69. The van der Waals surface area contributed by atoms with Gasteiger partial charge in [0.15, 0.2) is 0 Å². The van der Waals surface area contributed by atoms with Crippen LogP contribution in [-0.4, -0.2) is 9.97 Å². The van der Waals surface area contributed by atoms with Crippen LogP contribution < -0.4 is 0 Å². The Balaban J connectivity index is 2.40. The van der Waals surface area contributed by atoms with Crippen molar-refractivity contribution in [3.63, 3.8) is 0 Å². The van der Waals surface area contributed by atoms with Crippen LogP contribution in [0, 0.1) is 11.3 Å². The summed E-state index contributed by atoms with van der Waals surface area (Å²) in [7, 11) is 0. The van der Waals surface area contributed by atoms with Crippen LogP contribution in [0.2, 0.25) is 10.2 Å². The molecular formula is C13H7Cl2N3. The average molecular weight is 276 g/mol. The molecule has 0 aliphatic heterocycles. The van der Waals surface area contributed by atoms with E-state index in [0.717, 1.165) is 0 Å². The van der Waals surface area contributed by atoms with Crippen LogP contribution >= 0.6 is 23.2 Å². The summed E-state index contributed by atoms with van der Waals surface area (Å²) in [5.41, 5.74) is 1.56. The van der Waals surface area contributed by atoms with Crippen molar-refractivity contribution >= 4 is 34.9 Å². The monoisotopic (exact) mass is 275 g/mol. The lowest BCUT2D eigenvalue weighted by Gasteiger charge is -1.99. The number of hydrogen-bond acceptors (Lipinski definition) is 3. The summed E-state index contributed by atoms with van der Waals surface area (Å²) in [6, 6.07) is 10.6. The minimum Gasteiger partial charge on any atom is -0.254 e. The summed E-state index contributed by atoms with van der Waals surface area (Å²) < 4.78 is 0. The van der Waals surface area contributed by atoms with E-state index in [2.05, 4.69) is 16.0 Å². The lowest BCUT2D eigenvalue weighted by molar-refractivity contribution is 1.27. The number of halogens is 2. The van der Waals surface area contributed by atoms with E-state index in [1.54, 1.807) is 36.4 Å². The zero-order valence-electron chi connectivity index (χ0n) is 9.14. The molecule has 18 heavy (non-hydrogen) atoms. The van der Waals surface area contributed by atoms with Crippen LogP contribution in [0.15, 0.2) is 36.5 Å². The highest BCUT2D eigenvalue weighted by molar-refractivity contribution is 6.30. The van der Waals surface area contributed by atoms with Gasteiger partial charge in [0.05, 0.1) is 22.0 Å². The third-order valence-corrected chi connectivity index (χ3v) is 2.59. The Morgan fingerprint density at radius 3 is 2.67 bits per heavy atom. The lowest BCUT2D eigenvalue weighted by atomic mass is 10.1. The van der Waals surface area contributed by atoms with Gasteiger partial charge in [0.25, 0.3) is 0 Å². The topological polar surface area (TPSA) is 49.6 Å². The molecule has 0 saturated heterocycles. The van der Waals surface area contributed by atoms with Crippen LogP contribution in [0.1, 0.15) is 11.4 Å². The van der Waals surface area contributed by atoms with Gasteiger partial charge in [-0.3, -0.25) is 4.98 Å². The Hall–Kier alpha value is -1.89. The second-order valence-electron chi connectivity index (χ2n) is 3.42. The summed E-state index contributed by atoms with van der Waals surface area (Å²) in [6.45, 7) is 0. The maximum atomic E-state index is 9.13. The Bertz CT molecular complexity index is 627. The molecule has 0 unspecified atom stereocenters. The molecule has 0 amide bonds. The van der Waals surface area contributed by atoms with Gasteiger partial charge >= 0.3 is 0 Å². The average Bonchev–Trinajstić information content (AvgIpc) is 2.37. The third kappa shape index (κ3) is 3.07. The maximum absolute atomic E-state index is 9.13. The van der Waals surface area contributed by atoms with Crippen LogP contribution in [0.4, 0.5) is 0 Å². The van der Waals surface area contributed by atoms with Gasteiger partial charge in [-0.15, -0.1) is 0 Å². The van der Waals surface area contributed by atoms with Crippen LogP contribution in [0.25, 0.3) is 11.6 Å². The molecule has 0 atom stereocenters. The normalized spacial score (nSPS) is 11.1. The molecule has 2 rings (SSSR count). The summed E-state index contributed by atoms with van der Waals surface area (Å²) in [5, 5.41) is 10.0. The Kier molecular flexibility index (Phi) is 3.93. The van der Waals surface area contributed by atoms with E-state index in [4.69, 9.17) is 28.5 Å². The molecule has 2 aromatic rings. The summed E-state index contributed by atoms with van der Waals surface area (Å²) in [4.78, 5) is 8.17. The standard InChI is InChI=1S/C13H7Cl2N3/c14-10-4-5-12(17-8-10)9(7-16)6-11-2-1-3-13(15)18-11/h1-6,8H/b9-6+. The number of nitrogens with zero attached hydrogens (tertiary/aromatic N) is 3. The number of nitriles is 1. The molecule has 88 valence electrons. The zero-order valence-corrected chi connectivity index (χ0v) is 10.7. The lowest BCUT2D eigenvalue weighted by Crippen LogP contribution is -1.88. The summed E-state index contributed by atoms with van der Waals surface area (Å²) >= 11 is 11.5. The fourth-order valence-electron chi connectivity index (χ4n) is 1.35. The quantitative estimate of drug-likeness (QED) is 0.618. The van der Waals surface area contributed by atoms with Crippen molar-refractivity contribution in [2.75, 3.05) is 0 Å². The summed E-state index contributed by atoms with van der Waals surface area (Å²) in [6.07, 6.45) is 3.12. The van der Waals surface area contributed by atoms with E-state index in [9.17, 15) is 0 Å². The first-order valence-corrected chi connectivity index (χ1v) is 5.81.